The van der Waals surface area contributed by atoms with Gasteiger partial charge in [0, 0.05) is 36.6 Å². The van der Waals surface area contributed by atoms with Crippen molar-refractivity contribution in [3.8, 4) is 16.9 Å². The quantitative estimate of drug-likeness (QED) is 0.402. The summed E-state index contributed by atoms with van der Waals surface area (Å²) in [5.74, 6) is -4.55. The number of aliphatic carboxylic acids is 1. The molecule has 1 amide bonds. The number of alkyl halides is 2. The fourth-order valence-electron chi connectivity index (χ4n) is 7.04. The molecule has 3 aliphatic rings. The first-order valence-corrected chi connectivity index (χ1v) is 14.8. The molecule has 1 aliphatic carbocycles. The third kappa shape index (κ3) is 5.52. The minimum absolute atomic E-state index is 0.0232. The van der Waals surface area contributed by atoms with Crippen LogP contribution in [0.4, 0.5) is 13.2 Å². The molecule has 42 heavy (non-hydrogen) atoms. The largest absolute Gasteiger partial charge is 0.490 e. The van der Waals surface area contributed by atoms with Gasteiger partial charge in [0.1, 0.15) is 0 Å². The van der Waals surface area contributed by atoms with E-state index in [4.69, 9.17) is 9.47 Å². The van der Waals surface area contributed by atoms with Crippen LogP contribution in [-0.4, -0.2) is 46.1 Å². The average Bonchev–Trinajstić information content (AvgIpc) is 2.90. The molecule has 5 rings (SSSR count). The lowest BCUT2D eigenvalue weighted by Gasteiger charge is -2.41. The van der Waals surface area contributed by atoms with E-state index in [9.17, 15) is 23.5 Å². The summed E-state index contributed by atoms with van der Waals surface area (Å²) in [6.45, 7) is 11.4. The van der Waals surface area contributed by atoms with Gasteiger partial charge in [-0.25, -0.2) is 18.0 Å². The summed E-state index contributed by atoms with van der Waals surface area (Å²) in [5.41, 5.74) is 5.01. The van der Waals surface area contributed by atoms with Gasteiger partial charge in [0.05, 0.1) is 18.6 Å². The zero-order chi connectivity index (χ0) is 30.7. The summed E-state index contributed by atoms with van der Waals surface area (Å²) in [5, 5.41) is 10.4. The van der Waals surface area contributed by atoms with Crippen LogP contribution in [0.15, 0.2) is 6.07 Å². The van der Waals surface area contributed by atoms with Gasteiger partial charge in [-0.15, -0.1) is 0 Å². The maximum absolute atomic E-state index is 15.6. The summed E-state index contributed by atoms with van der Waals surface area (Å²) < 4.78 is 56.1. The van der Waals surface area contributed by atoms with Crippen LogP contribution in [0.5, 0.6) is 5.75 Å². The molecular weight excluding hydrogens is 547 g/mol. The van der Waals surface area contributed by atoms with Gasteiger partial charge in [-0.1, -0.05) is 0 Å². The number of hydrogen-bond donors (Lipinski definition) is 1. The monoisotopic (exact) mass is 587 g/mol. The summed E-state index contributed by atoms with van der Waals surface area (Å²) in [4.78, 5) is 27.8. The topological polar surface area (TPSA) is 76.1 Å². The van der Waals surface area contributed by atoms with Gasteiger partial charge in [-0.3, -0.25) is 4.79 Å². The third-order valence-corrected chi connectivity index (χ3v) is 9.01. The summed E-state index contributed by atoms with van der Waals surface area (Å²) >= 11 is 0. The highest BCUT2D eigenvalue weighted by Crippen LogP contribution is 2.47. The van der Waals surface area contributed by atoms with Crippen LogP contribution in [0.25, 0.3) is 11.1 Å². The highest BCUT2D eigenvalue weighted by molar-refractivity contribution is 5.89. The molecule has 1 saturated carbocycles. The van der Waals surface area contributed by atoms with Gasteiger partial charge in [0.25, 0.3) is 0 Å². The van der Waals surface area contributed by atoms with E-state index < -0.39 is 35.5 Å². The number of carbonyl (C=O) groups excluding carboxylic acids is 1. The van der Waals surface area contributed by atoms with Crippen molar-refractivity contribution >= 4 is 11.9 Å². The van der Waals surface area contributed by atoms with E-state index in [1.807, 2.05) is 13.8 Å². The first-order chi connectivity index (χ1) is 19.6. The third-order valence-electron chi connectivity index (χ3n) is 9.01. The van der Waals surface area contributed by atoms with E-state index in [2.05, 4.69) is 0 Å². The van der Waals surface area contributed by atoms with Crippen molar-refractivity contribution in [1.29, 1.82) is 0 Å². The SMILES string of the molecule is Cc1c(-c2c(C)c3c(c(C)c2[C@H](OC(C)(C)C)C(=O)O)CC(=O)N([C@@H]2CCCC(F)(F)C2)C3)cc(F)c2c1CCCO2. The molecule has 0 unspecified atom stereocenters. The molecule has 1 fully saturated rings. The molecular formula is C33H40F3NO5. The number of nitrogens with zero attached hydrogens (tertiary/aromatic N) is 1. The second-order valence-electron chi connectivity index (χ2n) is 13.0. The van der Waals surface area contributed by atoms with Crippen LogP contribution in [0.3, 0.4) is 0 Å². The Bertz CT molecular complexity index is 1440. The second kappa shape index (κ2) is 10.9. The Kier molecular flexibility index (Phi) is 7.88. The Morgan fingerprint density at radius 3 is 2.48 bits per heavy atom. The van der Waals surface area contributed by atoms with Crippen molar-refractivity contribution in [2.24, 2.45) is 0 Å². The maximum atomic E-state index is 15.6. The Morgan fingerprint density at radius 2 is 1.83 bits per heavy atom. The zero-order valence-corrected chi connectivity index (χ0v) is 25.3. The zero-order valence-electron chi connectivity index (χ0n) is 25.3. The smallest absolute Gasteiger partial charge is 0.337 e. The predicted octanol–water partition coefficient (Wildman–Crippen LogP) is 7.15. The lowest BCUT2D eigenvalue weighted by Crippen LogP contribution is -2.48. The van der Waals surface area contributed by atoms with E-state index in [1.165, 1.54) is 6.07 Å². The summed E-state index contributed by atoms with van der Waals surface area (Å²) in [7, 11) is 0. The van der Waals surface area contributed by atoms with E-state index in [-0.39, 0.29) is 37.5 Å². The number of halogens is 3. The Hall–Kier alpha value is -3.07. The normalized spacial score (nSPS) is 20.9. The van der Waals surface area contributed by atoms with E-state index in [0.29, 0.717) is 59.3 Å². The van der Waals surface area contributed by atoms with Crippen LogP contribution in [0.1, 0.15) is 97.9 Å². The van der Waals surface area contributed by atoms with Crippen LogP contribution in [-0.2, 0) is 33.7 Å². The van der Waals surface area contributed by atoms with E-state index >= 15 is 4.39 Å². The first-order valence-electron chi connectivity index (χ1n) is 14.8. The number of carboxylic acid groups (broad SMARTS) is 1. The fourth-order valence-corrected chi connectivity index (χ4v) is 7.04. The molecule has 0 saturated heterocycles. The highest BCUT2D eigenvalue weighted by atomic mass is 19.3. The molecule has 2 aromatic carbocycles. The number of hydrogen-bond acceptors (Lipinski definition) is 4. The molecule has 0 bridgehead atoms. The number of carboxylic acids is 1. The lowest BCUT2D eigenvalue weighted by atomic mass is 9.78. The average molecular weight is 588 g/mol. The minimum atomic E-state index is -2.82. The molecule has 2 atom stereocenters. The molecule has 9 heteroatoms. The fraction of sp³-hybridized carbons (Fsp3) is 0.576. The van der Waals surface area contributed by atoms with Gasteiger partial charge < -0.3 is 19.5 Å². The van der Waals surface area contributed by atoms with Gasteiger partial charge in [-0.05, 0) is 112 Å². The molecule has 6 nitrogen and oxygen atoms in total. The minimum Gasteiger partial charge on any atom is -0.490 e. The number of rotatable bonds is 5. The van der Waals surface area contributed by atoms with Crippen molar-refractivity contribution in [2.45, 2.75) is 117 Å². The summed E-state index contributed by atoms with van der Waals surface area (Å²) in [6.07, 6.45) is 0.265. The number of fused-ring (bicyclic) bond motifs is 2. The van der Waals surface area contributed by atoms with Crippen LogP contribution < -0.4 is 4.74 Å². The van der Waals surface area contributed by atoms with Gasteiger partial charge in [-0.2, -0.15) is 0 Å². The summed E-state index contributed by atoms with van der Waals surface area (Å²) in [6, 6.07) is 0.828. The van der Waals surface area contributed by atoms with Crippen LogP contribution >= 0.6 is 0 Å². The Balaban J connectivity index is 1.75. The highest BCUT2D eigenvalue weighted by Gasteiger charge is 2.43. The van der Waals surface area contributed by atoms with Crippen LogP contribution in [0.2, 0.25) is 0 Å². The maximum Gasteiger partial charge on any atom is 0.337 e. The van der Waals surface area contributed by atoms with Crippen molar-refractivity contribution < 1.29 is 37.3 Å². The predicted molar refractivity (Wildman–Crippen MR) is 153 cm³/mol. The van der Waals surface area contributed by atoms with Crippen molar-refractivity contribution in [3.05, 3.63) is 50.8 Å². The molecule has 2 heterocycles. The first kappa shape index (κ1) is 30.4. The van der Waals surface area contributed by atoms with E-state index in [0.717, 1.165) is 23.1 Å². The standard InChI is InChI=1S/C33H40F3NO5/c1-17-21-10-8-12-41-29(21)25(34)13-23(17)27-19(3)24-16-37(20-9-7-11-33(35,36)15-20)26(38)14-22(24)18(2)28(27)30(31(39)40)42-32(4,5)6/h13,20,30H,7-12,14-16H2,1-6H3,(H,39,40)/t20-,30+/m1/s1. The molecule has 0 aromatic heterocycles. The van der Waals surface area contributed by atoms with Gasteiger partial charge >= 0.3 is 5.97 Å². The number of amides is 1. The molecule has 1 N–H and O–H groups in total. The van der Waals surface area contributed by atoms with Gasteiger partial charge in [0.15, 0.2) is 17.7 Å². The van der Waals surface area contributed by atoms with Gasteiger partial charge in [0.2, 0.25) is 11.8 Å². The molecule has 2 aliphatic heterocycles. The Labute approximate surface area is 245 Å². The van der Waals surface area contributed by atoms with Crippen molar-refractivity contribution in [2.75, 3.05) is 6.61 Å². The number of carbonyl (C=O) groups is 2. The molecule has 0 radical (unpaired) electrons. The van der Waals surface area contributed by atoms with Crippen molar-refractivity contribution in [1.82, 2.24) is 4.90 Å². The van der Waals surface area contributed by atoms with E-state index in [1.54, 1.807) is 32.6 Å². The molecule has 0 spiro atoms. The molecule has 2 aromatic rings. The van der Waals surface area contributed by atoms with Crippen molar-refractivity contribution in [3.63, 3.8) is 0 Å². The lowest BCUT2D eigenvalue weighted by molar-refractivity contribution is -0.160. The number of ether oxygens (including phenoxy) is 2. The number of benzene rings is 2. The second-order valence-corrected chi connectivity index (χ2v) is 13.0. The van der Waals surface area contributed by atoms with Crippen LogP contribution in [0, 0.1) is 26.6 Å². The molecule has 228 valence electrons. The Morgan fingerprint density at radius 1 is 1.12 bits per heavy atom.